The summed E-state index contributed by atoms with van der Waals surface area (Å²) in [7, 11) is 3.36. The number of rotatable bonds is 3. The standard InChI is InChI=1S/C18H20N2O2/c1-19(2)18(21)22-16-8-9-17-15(12-16)10-11-20(17)13-14-6-4-3-5-7-14/h3-9,12H,10-11,13H2,1-2H3. The lowest BCUT2D eigenvalue weighted by atomic mass is 10.1. The van der Waals surface area contributed by atoms with E-state index in [1.165, 1.54) is 21.7 Å². The van der Waals surface area contributed by atoms with E-state index >= 15 is 0 Å². The van der Waals surface area contributed by atoms with Crippen molar-refractivity contribution in [2.75, 3.05) is 25.5 Å². The second-order valence-electron chi connectivity index (χ2n) is 5.71. The Hall–Kier alpha value is -2.49. The zero-order valence-electron chi connectivity index (χ0n) is 13.0. The molecule has 0 saturated carbocycles. The number of nitrogens with zero attached hydrogens (tertiary/aromatic N) is 2. The highest BCUT2D eigenvalue weighted by molar-refractivity contribution is 5.71. The molecule has 4 nitrogen and oxygen atoms in total. The van der Waals surface area contributed by atoms with Gasteiger partial charge in [0.2, 0.25) is 0 Å². The molecule has 0 aromatic heterocycles. The summed E-state index contributed by atoms with van der Waals surface area (Å²) in [6.07, 6.45) is 0.634. The Morgan fingerprint density at radius 2 is 1.95 bits per heavy atom. The van der Waals surface area contributed by atoms with Crippen LogP contribution in [0.1, 0.15) is 11.1 Å². The number of hydrogen-bond acceptors (Lipinski definition) is 3. The highest BCUT2D eigenvalue weighted by Crippen LogP contribution is 2.32. The Kier molecular flexibility index (Phi) is 4.00. The minimum Gasteiger partial charge on any atom is -0.410 e. The lowest BCUT2D eigenvalue weighted by molar-refractivity contribution is 0.172. The highest BCUT2D eigenvalue weighted by atomic mass is 16.6. The number of amides is 1. The Balaban J connectivity index is 1.74. The molecule has 0 N–H and O–H groups in total. The van der Waals surface area contributed by atoms with Crippen LogP contribution in [0.25, 0.3) is 0 Å². The molecule has 0 bridgehead atoms. The normalized spacial score (nSPS) is 12.9. The van der Waals surface area contributed by atoms with E-state index in [0.29, 0.717) is 5.75 Å². The summed E-state index contributed by atoms with van der Waals surface area (Å²) >= 11 is 0. The van der Waals surface area contributed by atoms with Crippen LogP contribution in [0.2, 0.25) is 0 Å². The molecule has 3 rings (SSSR count). The molecule has 1 aliphatic rings. The smallest absolute Gasteiger partial charge is 0.410 e. The number of benzene rings is 2. The number of fused-ring (bicyclic) bond motifs is 1. The predicted octanol–water partition coefficient (Wildman–Crippen LogP) is 3.31. The van der Waals surface area contributed by atoms with Crippen molar-refractivity contribution in [1.82, 2.24) is 4.90 Å². The van der Waals surface area contributed by atoms with E-state index in [2.05, 4.69) is 29.2 Å². The second kappa shape index (κ2) is 6.10. The second-order valence-corrected chi connectivity index (χ2v) is 5.71. The van der Waals surface area contributed by atoms with Crippen LogP contribution in [0.5, 0.6) is 5.75 Å². The lowest BCUT2D eigenvalue weighted by Gasteiger charge is -2.19. The summed E-state index contributed by atoms with van der Waals surface area (Å²) in [6.45, 7) is 1.90. The molecule has 0 spiro atoms. The van der Waals surface area contributed by atoms with Crippen LogP contribution < -0.4 is 9.64 Å². The van der Waals surface area contributed by atoms with Gasteiger partial charge >= 0.3 is 6.09 Å². The fraction of sp³-hybridized carbons (Fsp3) is 0.278. The van der Waals surface area contributed by atoms with Gasteiger partial charge in [-0.1, -0.05) is 30.3 Å². The van der Waals surface area contributed by atoms with Crippen molar-refractivity contribution in [2.45, 2.75) is 13.0 Å². The third-order valence-corrected chi connectivity index (χ3v) is 3.83. The van der Waals surface area contributed by atoms with E-state index in [-0.39, 0.29) is 6.09 Å². The third kappa shape index (κ3) is 3.06. The fourth-order valence-electron chi connectivity index (χ4n) is 2.67. The molecule has 2 aromatic rings. The molecule has 114 valence electrons. The van der Waals surface area contributed by atoms with E-state index in [1.54, 1.807) is 14.1 Å². The summed E-state index contributed by atoms with van der Waals surface area (Å²) < 4.78 is 5.32. The monoisotopic (exact) mass is 296 g/mol. The molecule has 0 aliphatic carbocycles. The molecule has 1 aliphatic heterocycles. The maximum absolute atomic E-state index is 11.6. The van der Waals surface area contributed by atoms with E-state index in [9.17, 15) is 4.79 Å². The van der Waals surface area contributed by atoms with Gasteiger partial charge in [0.15, 0.2) is 0 Å². The highest BCUT2D eigenvalue weighted by Gasteiger charge is 2.20. The van der Waals surface area contributed by atoms with Crippen LogP contribution in [0, 0.1) is 0 Å². The Morgan fingerprint density at radius 1 is 1.18 bits per heavy atom. The van der Waals surface area contributed by atoms with E-state index in [1.807, 2.05) is 24.3 Å². The van der Waals surface area contributed by atoms with Gasteiger partial charge in [-0.2, -0.15) is 0 Å². The van der Waals surface area contributed by atoms with Gasteiger partial charge in [-0.25, -0.2) is 4.79 Å². The molecule has 22 heavy (non-hydrogen) atoms. The van der Waals surface area contributed by atoms with Gasteiger partial charge in [0.05, 0.1) is 0 Å². The number of carbonyl (C=O) groups is 1. The van der Waals surface area contributed by atoms with Crippen molar-refractivity contribution in [3.63, 3.8) is 0 Å². The molecule has 0 radical (unpaired) electrons. The number of hydrogen-bond donors (Lipinski definition) is 0. The molecule has 4 heteroatoms. The van der Waals surface area contributed by atoms with Crippen LogP contribution in [-0.2, 0) is 13.0 Å². The van der Waals surface area contributed by atoms with Crippen LogP contribution in [-0.4, -0.2) is 31.6 Å². The fourth-order valence-corrected chi connectivity index (χ4v) is 2.67. The number of carbonyl (C=O) groups excluding carboxylic acids is 1. The minimum atomic E-state index is -0.348. The Bertz CT molecular complexity index is 668. The maximum Gasteiger partial charge on any atom is 0.414 e. The maximum atomic E-state index is 11.6. The largest absolute Gasteiger partial charge is 0.414 e. The van der Waals surface area contributed by atoms with Crippen molar-refractivity contribution >= 4 is 11.8 Å². The SMILES string of the molecule is CN(C)C(=O)Oc1ccc2c(c1)CCN2Cc1ccccc1. The molecule has 1 amide bonds. The lowest BCUT2D eigenvalue weighted by Crippen LogP contribution is -2.25. The first-order valence-corrected chi connectivity index (χ1v) is 7.44. The number of anilines is 1. The van der Waals surface area contributed by atoms with E-state index < -0.39 is 0 Å². The van der Waals surface area contributed by atoms with Gasteiger partial charge in [0.25, 0.3) is 0 Å². The molecule has 2 aromatic carbocycles. The minimum absolute atomic E-state index is 0.348. The quantitative estimate of drug-likeness (QED) is 0.871. The van der Waals surface area contributed by atoms with Crippen molar-refractivity contribution in [3.8, 4) is 5.75 Å². The van der Waals surface area contributed by atoms with Gasteiger partial charge in [0, 0.05) is 32.9 Å². The van der Waals surface area contributed by atoms with E-state index in [4.69, 9.17) is 4.74 Å². The summed E-state index contributed by atoms with van der Waals surface area (Å²) in [5.74, 6) is 0.610. The topological polar surface area (TPSA) is 32.8 Å². The zero-order chi connectivity index (χ0) is 15.5. The van der Waals surface area contributed by atoms with Crippen molar-refractivity contribution in [2.24, 2.45) is 0 Å². The zero-order valence-corrected chi connectivity index (χ0v) is 13.0. The van der Waals surface area contributed by atoms with E-state index in [0.717, 1.165) is 19.5 Å². The summed E-state index contributed by atoms with van der Waals surface area (Å²) in [4.78, 5) is 15.4. The van der Waals surface area contributed by atoms with Gasteiger partial charge in [-0.05, 0) is 35.7 Å². The first-order valence-electron chi connectivity index (χ1n) is 7.44. The van der Waals surface area contributed by atoms with Gasteiger partial charge < -0.3 is 14.5 Å². The first-order chi connectivity index (χ1) is 10.6. The molecule has 0 unspecified atom stereocenters. The van der Waals surface area contributed by atoms with Crippen LogP contribution >= 0.6 is 0 Å². The average molecular weight is 296 g/mol. The average Bonchev–Trinajstić information content (AvgIpc) is 2.90. The van der Waals surface area contributed by atoms with Gasteiger partial charge in [-0.3, -0.25) is 0 Å². The summed E-state index contributed by atoms with van der Waals surface area (Å²) in [6, 6.07) is 16.3. The first kappa shape index (κ1) is 14.4. The van der Waals surface area contributed by atoms with Crippen LogP contribution in [0.4, 0.5) is 10.5 Å². The molecule has 1 heterocycles. The summed E-state index contributed by atoms with van der Waals surface area (Å²) in [5, 5.41) is 0. The predicted molar refractivity (Wildman–Crippen MR) is 87.3 cm³/mol. The molecule has 0 fully saturated rings. The Labute approximate surface area is 130 Å². The molecular formula is C18H20N2O2. The summed E-state index contributed by atoms with van der Waals surface area (Å²) in [5.41, 5.74) is 3.77. The van der Waals surface area contributed by atoms with Crippen molar-refractivity contribution < 1.29 is 9.53 Å². The Morgan fingerprint density at radius 3 is 2.68 bits per heavy atom. The molecule has 0 saturated heterocycles. The van der Waals surface area contributed by atoms with Crippen molar-refractivity contribution in [3.05, 3.63) is 59.7 Å². The van der Waals surface area contributed by atoms with Crippen molar-refractivity contribution in [1.29, 1.82) is 0 Å². The van der Waals surface area contributed by atoms with Gasteiger partial charge in [0.1, 0.15) is 5.75 Å². The number of ether oxygens (including phenoxy) is 1. The third-order valence-electron chi connectivity index (χ3n) is 3.83. The van der Waals surface area contributed by atoms with Crippen LogP contribution in [0.15, 0.2) is 48.5 Å². The molecular weight excluding hydrogens is 276 g/mol. The van der Waals surface area contributed by atoms with Crippen LogP contribution in [0.3, 0.4) is 0 Å². The molecule has 0 atom stereocenters. The van der Waals surface area contributed by atoms with Gasteiger partial charge in [-0.15, -0.1) is 0 Å².